The predicted molar refractivity (Wildman–Crippen MR) is 86.9 cm³/mol. The molecule has 0 aromatic carbocycles. The van der Waals surface area contributed by atoms with E-state index in [0.717, 1.165) is 19.3 Å². The molecule has 1 aliphatic heterocycles. The summed E-state index contributed by atoms with van der Waals surface area (Å²) in [4.78, 5) is 26.1. The van der Waals surface area contributed by atoms with Crippen molar-refractivity contribution >= 4 is 12.0 Å². The second-order valence-corrected chi connectivity index (χ2v) is 7.41. The fourth-order valence-electron chi connectivity index (χ4n) is 3.39. The zero-order valence-electron chi connectivity index (χ0n) is 14.5. The van der Waals surface area contributed by atoms with E-state index in [4.69, 9.17) is 4.74 Å². The lowest BCUT2D eigenvalue weighted by atomic mass is 9.86. The molecule has 4 atom stereocenters. The summed E-state index contributed by atoms with van der Waals surface area (Å²) >= 11 is 0. The predicted octanol–water partition coefficient (Wildman–Crippen LogP) is 1.91. The molecule has 1 saturated heterocycles. The van der Waals surface area contributed by atoms with Crippen LogP contribution in [0.15, 0.2) is 0 Å². The highest BCUT2D eigenvalue weighted by Gasteiger charge is 2.40. The molecule has 0 bridgehead atoms. The van der Waals surface area contributed by atoms with Gasteiger partial charge >= 0.3 is 6.09 Å². The van der Waals surface area contributed by atoms with Gasteiger partial charge in [-0.3, -0.25) is 9.69 Å². The molecule has 23 heavy (non-hydrogen) atoms. The lowest BCUT2D eigenvalue weighted by molar-refractivity contribution is -0.126. The smallest absolute Gasteiger partial charge is 0.410 e. The summed E-state index contributed by atoms with van der Waals surface area (Å²) < 4.78 is 5.22. The third-order valence-corrected chi connectivity index (χ3v) is 4.80. The first-order chi connectivity index (χ1) is 10.9. The summed E-state index contributed by atoms with van der Waals surface area (Å²) in [6.07, 6.45) is 3.56. The van der Waals surface area contributed by atoms with E-state index >= 15 is 0 Å². The first-order valence-electron chi connectivity index (χ1n) is 8.80. The number of rotatable bonds is 4. The van der Waals surface area contributed by atoms with E-state index in [2.05, 4.69) is 12.2 Å². The Balaban J connectivity index is 1.94. The van der Waals surface area contributed by atoms with Crippen LogP contribution in [0.1, 0.15) is 52.9 Å². The molecule has 0 spiro atoms. The summed E-state index contributed by atoms with van der Waals surface area (Å²) in [7, 11) is 0. The van der Waals surface area contributed by atoms with Gasteiger partial charge in [-0.15, -0.1) is 0 Å². The number of nitrogens with zero attached hydrogens (tertiary/aromatic N) is 1. The fourth-order valence-corrected chi connectivity index (χ4v) is 3.39. The van der Waals surface area contributed by atoms with E-state index in [1.807, 2.05) is 13.8 Å². The van der Waals surface area contributed by atoms with Crippen LogP contribution in [0.2, 0.25) is 0 Å². The zero-order valence-corrected chi connectivity index (χ0v) is 14.5. The Labute approximate surface area is 138 Å². The fraction of sp³-hybridized carbons (Fsp3) is 0.882. The van der Waals surface area contributed by atoms with Gasteiger partial charge in [-0.1, -0.05) is 33.6 Å². The van der Waals surface area contributed by atoms with Crippen LogP contribution in [0.4, 0.5) is 4.79 Å². The molecule has 2 fully saturated rings. The molecule has 2 amide bonds. The molecule has 1 heterocycles. The number of aliphatic hydroxyl groups is 1. The van der Waals surface area contributed by atoms with Gasteiger partial charge in [0.25, 0.3) is 0 Å². The summed E-state index contributed by atoms with van der Waals surface area (Å²) in [6.45, 7) is 6.55. The molecular formula is C17H30N2O4. The number of ether oxygens (including phenoxy) is 1. The normalized spacial score (nSPS) is 31.3. The van der Waals surface area contributed by atoms with Crippen LogP contribution in [-0.2, 0) is 9.53 Å². The number of aliphatic hydroxyl groups excluding tert-OH is 1. The molecule has 132 valence electrons. The minimum Gasteiger partial charge on any atom is -0.449 e. The SMILES string of the molecule is CC(C)COC(=O)N1C[C@H](O)C[C@H]1C(=O)N[C@@H]1CCCC[C@H]1C. The highest BCUT2D eigenvalue weighted by Crippen LogP contribution is 2.25. The van der Waals surface area contributed by atoms with E-state index in [9.17, 15) is 14.7 Å². The number of nitrogens with one attached hydrogen (secondary N) is 1. The van der Waals surface area contributed by atoms with Crippen molar-refractivity contribution in [3.63, 3.8) is 0 Å². The van der Waals surface area contributed by atoms with Gasteiger partial charge in [0.15, 0.2) is 0 Å². The maximum atomic E-state index is 12.6. The number of hydrogen-bond acceptors (Lipinski definition) is 4. The first-order valence-corrected chi connectivity index (χ1v) is 8.80. The molecule has 2 aliphatic rings. The molecule has 2 N–H and O–H groups in total. The molecule has 6 nitrogen and oxygen atoms in total. The van der Waals surface area contributed by atoms with Crippen molar-refractivity contribution in [2.45, 2.75) is 71.1 Å². The lowest BCUT2D eigenvalue weighted by Crippen LogP contribution is -2.51. The molecule has 0 unspecified atom stereocenters. The Bertz CT molecular complexity index is 427. The van der Waals surface area contributed by atoms with Crippen LogP contribution in [-0.4, -0.2) is 53.3 Å². The van der Waals surface area contributed by atoms with Crippen molar-refractivity contribution in [1.29, 1.82) is 0 Å². The average Bonchev–Trinajstić information content (AvgIpc) is 2.89. The van der Waals surface area contributed by atoms with E-state index in [1.54, 1.807) is 0 Å². The van der Waals surface area contributed by atoms with Gasteiger partial charge in [0.2, 0.25) is 5.91 Å². The Morgan fingerprint density at radius 3 is 2.65 bits per heavy atom. The third-order valence-electron chi connectivity index (χ3n) is 4.80. The van der Waals surface area contributed by atoms with E-state index < -0.39 is 18.2 Å². The highest BCUT2D eigenvalue weighted by molar-refractivity contribution is 5.86. The van der Waals surface area contributed by atoms with Gasteiger partial charge in [-0.05, 0) is 24.7 Å². The van der Waals surface area contributed by atoms with Gasteiger partial charge < -0.3 is 15.2 Å². The Morgan fingerprint density at radius 2 is 2.00 bits per heavy atom. The topological polar surface area (TPSA) is 78.9 Å². The number of amides is 2. The Hall–Kier alpha value is -1.30. The number of β-amino-alcohol motifs (C(OH)–C–C–N with tert-alkyl or cyclic N) is 1. The molecule has 1 saturated carbocycles. The largest absolute Gasteiger partial charge is 0.449 e. The number of carbonyl (C=O) groups is 2. The van der Waals surface area contributed by atoms with Gasteiger partial charge in [0.1, 0.15) is 6.04 Å². The van der Waals surface area contributed by atoms with Crippen molar-refractivity contribution in [3.05, 3.63) is 0 Å². The van der Waals surface area contributed by atoms with Gasteiger partial charge in [0, 0.05) is 12.5 Å². The van der Waals surface area contributed by atoms with E-state index in [-0.39, 0.29) is 30.8 Å². The van der Waals surface area contributed by atoms with Crippen molar-refractivity contribution < 1.29 is 19.4 Å². The van der Waals surface area contributed by atoms with Crippen LogP contribution in [0.5, 0.6) is 0 Å². The number of likely N-dealkylation sites (tertiary alicyclic amines) is 1. The molecular weight excluding hydrogens is 296 g/mol. The first kappa shape index (κ1) is 18.0. The second kappa shape index (κ2) is 7.99. The van der Waals surface area contributed by atoms with Crippen LogP contribution in [0.25, 0.3) is 0 Å². The van der Waals surface area contributed by atoms with Crippen LogP contribution >= 0.6 is 0 Å². The monoisotopic (exact) mass is 326 g/mol. The summed E-state index contributed by atoms with van der Waals surface area (Å²) in [6, 6.07) is -0.457. The van der Waals surface area contributed by atoms with Crippen molar-refractivity contribution in [2.75, 3.05) is 13.2 Å². The van der Waals surface area contributed by atoms with E-state index in [1.165, 1.54) is 11.3 Å². The quantitative estimate of drug-likeness (QED) is 0.827. The van der Waals surface area contributed by atoms with Crippen LogP contribution < -0.4 is 5.32 Å². The van der Waals surface area contributed by atoms with Gasteiger partial charge in [0.05, 0.1) is 19.3 Å². The molecule has 2 rings (SSSR count). The third kappa shape index (κ3) is 4.83. The minimum atomic E-state index is -0.666. The Morgan fingerprint density at radius 1 is 1.30 bits per heavy atom. The minimum absolute atomic E-state index is 0.162. The van der Waals surface area contributed by atoms with Crippen molar-refractivity contribution in [2.24, 2.45) is 11.8 Å². The molecule has 0 radical (unpaired) electrons. The standard InChI is InChI=1S/C17H30N2O4/c1-11(2)10-23-17(22)19-9-13(20)8-15(19)16(21)18-14-7-5-4-6-12(14)3/h11-15,20H,4-10H2,1-3H3,(H,18,21)/t12-,13-,14-,15+/m1/s1. The average molecular weight is 326 g/mol. The Kier molecular flexibility index (Phi) is 6.27. The zero-order chi connectivity index (χ0) is 17.0. The van der Waals surface area contributed by atoms with E-state index in [0.29, 0.717) is 12.5 Å². The number of hydrogen-bond donors (Lipinski definition) is 2. The molecule has 0 aromatic rings. The molecule has 0 aromatic heterocycles. The summed E-state index contributed by atoms with van der Waals surface area (Å²) in [5, 5.41) is 13.0. The number of carbonyl (C=O) groups excluding carboxylic acids is 2. The maximum Gasteiger partial charge on any atom is 0.410 e. The molecule has 6 heteroatoms. The highest BCUT2D eigenvalue weighted by atomic mass is 16.6. The van der Waals surface area contributed by atoms with Crippen LogP contribution in [0.3, 0.4) is 0 Å². The van der Waals surface area contributed by atoms with Crippen molar-refractivity contribution in [1.82, 2.24) is 10.2 Å². The van der Waals surface area contributed by atoms with Crippen molar-refractivity contribution in [3.8, 4) is 0 Å². The molecule has 1 aliphatic carbocycles. The maximum absolute atomic E-state index is 12.6. The summed E-state index contributed by atoms with van der Waals surface area (Å²) in [5.74, 6) is 0.531. The van der Waals surface area contributed by atoms with Gasteiger partial charge in [-0.2, -0.15) is 0 Å². The van der Waals surface area contributed by atoms with Gasteiger partial charge in [-0.25, -0.2) is 4.79 Å². The summed E-state index contributed by atoms with van der Waals surface area (Å²) in [5.41, 5.74) is 0. The second-order valence-electron chi connectivity index (χ2n) is 7.41. The van der Waals surface area contributed by atoms with Crippen LogP contribution in [0, 0.1) is 11.8 Å². The lowest BCUT2D eigenvalue weighted by Gasteiger charge is -2.31.